The van der Waals surface area contributed by atoms with Gasteiger partial charge in [-0.15, -0.1) is 0 Å². The molecule has 0 aliphatic carbocycles. The Morgan fingerprint density at radius 2 is 2.17 bits per heavy atom. The van der Waals surface area contributed by atoms with E-state index < -0.39 is 5.60 Å². The Kier molecular flexibility index (Phi) is 6.27. The van der Waals surface area contributed by atoms with Crippen molar-refractivity contribution in [3.05, 3.63) is 22.8 Å². The normalized spacial score (nSPS) is 18.6. The number of likely N-dealkylation sites (tertiary alicyclic amines) is 1. The number of hydrogen-bond donors (Lipinski definition) is 0. The van der Waals surface area contributed by atoms with Crippen LogP contribution in [-0.4, -0.2) is 40.8 Å². The summed E-state index contributed by atoms with van der Waals surface area (Å²) in [5, 5.41) is 0. The van der Waals surface area contributed by atoms with Crippen LogP contribution in [0.25, 0.3) is 0 Å². The predicted molar refractivity (Wildman–Crippen MR) is 92.6 cm³/mol. The van der Waals surface area contributed by atoms with E-state index in [9.17, 15) is 4.79 Å². The molecule has 0 bridgehead atoms. The van der Waals surface area contributed by atoms with Crippen molar-refractivity contribution in [1.82, 2.24) is 9.88 Å². The molecule has 23 heavy (non-hydrogen) atoms. The molecule has 0 saturated carbocycles. The highest BCUT2D eigenvalue weighted by Gasteiger charge is 2.30. The van der Waals surface area contributed by atoms with E-state index in [2.05, 4.69) is 20.9 Å². The molecule has 1 atom stereocenters. The molecule has 1 aromatic rings. The van der Waals surface area contributed by atoms with Gasteiger partial charge in [0.1, 0.15) is 10.2 Å². The fourth-order valence-electron chi connectivity index (χ4n) is 2.63. The lowest BCUT2D eigenvalue weighted by Gasteiger charge is -2.36. The van der Waals surface area contributed by atoms with Crippen LogP contribution in [0.15, 0.2) is 22.8 Å². The maximum absolute atomic E-state index is 12.3. The maximum Gasteiger partial charge on any atom is 0.410 e. The van der Waals surface area contributed by atoms with Gasteiger partial charge in [0.15, 0.2) is 0 Å². The van der Waals surface area contributed by atoms with Crippen molar-refractivity contribution in [2.24, 2.45) is 0 Å². The summed E-state index contributed by atoms with van der Waals surface area (Å²) >= 11 is 3.33. The second-order valence-corrected chi connectivity index (χ2v) is 7.57. The van der Waals surface area contributed by atoms with E-state index in [4.69, 9.17) is 9.47 Å². The van der Waals surface area contributed by atoms with E-state index in [1.165, 1.54) is 0 Å². The number of piperidine rings is 1. The minimum absolute atomic E-state index is 0.172. The Balaban J connectivity index is 1.87. The summed E-state index contributed by atoms with van der Waals surface area (Å²) in [5.74, 6) is 0.596. The topological polar surface area (TPSA) is 51.7 Å². The summed E-state index contributed by atoms with van der Waals surface area (Å²) in [5.41, 5.74) is -0.462. The molecule has 5 nitrogen and oxygen atoms in total. The Labute approximate surface area is 146 Å². The Morgan fingerprint density at radius 3 is 2.87 bits per heavy atom. The molecule has 1 saturated heterocycles. The van der Waals surface area contributed by atoms with Crippen molar-refractivity contribution in [3.8, 4) is 5.88 Å². The number of carbonyl (C=O) groups is 1. The molecule has 6 heteroatoms. The number of ether oxygens (including phenoxy) is 2. The number of amides is 1. The van der Waals surface area contributed by atoms with E-state index in [-0.39, 0.29) is 12.1 Å². The molecular formula is C17H25BrN2O3. The molecule has 1 fully saturated rings. The van der Waals surface area contributed by atoms with Crippen molar-refractivity contribution in [2.45, 2.75) is 58.1 Å². The van der Waals surface area contributed by atoms with Gasteiger partial charge in [0.05, 0.1) is 6.61 Å². The quantitative estimate of drug-likeness (QED) is 0.721. The zero-order valence-electron chi connectivity index (χ0n) is 14.0. The second kappa shape index (κ2) is 7.99. The van der Waals surface area contributed by atoms with Gasteiger partial charge in [0.2, 0.25) is 5.88 Å². The molecule has 1 aromatic heterocycles. The third-order valence-corrected chi connectivity index (χ3v) is 4.09. The molecule has 1 amide bonds. The zero-order chi connectivity index (χ0) is 16.9. The van der Waals surface area contributed by atoms with Gasteiger partial charge in [0.25, 0.3) is 0 Å². The summed E-state index contributed by atoms with van der Waals surface area (Å²) in [6, 6.07) is 5.75. The molecule has 0 spiro atoms. The van der Waals surface area contributed by atoms with Crippen LogP contribution in [-0.2, 0) is 4.74 Å². The first-order valence-corrected chi connectivity index (χ1v) is 8.89. The number of halogens is 1. The fraction of sp³-hybridized carbons (Fsp3) is 0.647. The predicted octanol–water partition coefficient (Wildman–Crippen LogP) is 4.40. The van der Waals surface area contributed by atoms with Crippen molar-refractivity contribution in [3.63, 3.8) is 0 Å². The van der Waals surface area contributed by atoms with Crippen molar-refractivity contribution in [2.75, 3.05) is 13.2 Å². The highest BCUT2D eigenvalue weighted by Crippen LogP contribution is 2.23. The van der Waals surface area contributed by atoms with Gasteiger partial charge in [-0.1, -0.05) is 6.07 Å². The van der Waals surface area contributed by atoms with E-state index >= 15 is 0 Å². The molecule has 0 N–H and O–H groups in total. The first kappa shape index (κ1) is 18.0. The summed E-state index contributed by atoms with van der Waals surface area (Å²) in [7, 11) is 0. The lowest BCUT2D eigenvalue weighted by Crippen LogP contribution is -2.46. The first-order valence-electron chi connectivity index (χ1n) is 8.10. The van der Waals surface area contributed by atoms with Gasteiger partial charge < -0.3 is 14.4 Å². The average molecular weight is 385 g/mol. The van der Waals surface area contributed by atoms with Crippen molar-refractivity contribution < 1.29 is 14.3 Å². The zero-order valence-corrected chi connectivity index (χ0v) is 15.6. The number of hydrogen-bond acceptors (Lipinski definition) is 4. The minimum Gasteiger partial charge on any atom is -0.478 e. The van der Waals surface area contributed by atoms with Crippen molar-refractivity contribution in [1.29, 1.82) is 0 Å². The monoisotopic (exact) mass is 384 g/mol. The molecule has 1 aliphatic rings. The first-order chi connectivity index (χ1) is 10.8. The lowest BCUT2D eigenvalue weighted by molar-refractivity contribution is 0.00738. The van der Waals surface area contributed by atoms with Gasteiger partial charge in [0, 0.05) is 25.1 Å². The van der Waals surface area contributed by atoms with Crippen LogP contribution < -0.4 is 4.74 Å². The summed E-state index contributed by atoms with van der Waals surface area (Å²) in [6.45, 7) is 6.98. The van der Waals surface area contributed by atoms with Gasteiger partial charge in [-0.2, -0.15) is 0 Å². The van der Waals surface area contributed by atoms with E-state index in [0.29, 0.717) is 12.5 Å². The standard InChI is InChI=1S/C17H25BrN2O3/c1-17(2,3)23-16(21)20-11-5-4-7-13(20)10-12-22-15-9-6-8-14(18)19-15/h6,8-9,13H,4-5,7,10-12H2,1-3H3. The minimum atomic E-state index is -0.462. The summed E-state index contributed by atoms with van der Waals surface area (Å²) in [6.07, 6.45) is 3.73. The van der Waals surface area contributed by atoms with Gasteiger partial charge >= 0.3 is 6.09 Å². The molecule has 1 unspecified atom stereocenters. The third kappa shape index (κ3) is 6.01. The largest absolute Gasteiger partial charge is 0.478 e. The SMILES string of the molecule is CC(C)(C)OC(=O)N1CCCCC1CCOc1cccc(Br)n1. The molecule has 0 aromatic carbocycles. The third-order valence-electron chi connectivity index (χ3n) is 3.65. The lowest BCUT2D eigenvalue weighted by atomic mass is 10.0. The smallest absolute Gasteiger partial charge is 0.410 e. The van der Waals surface area contributed by atoms with E-state index in [0.717, 1.165) is 36.8 Å². The van der Waals surface area contributed by atoms with Crippen LogP contribution in [0.4, 0.5) is 4.79 Å². The second-order valence-electron chi connectivity index (χ2n) is 6.76. The summed E-state index contributed by atoms with van der Waals surface area (Å²) in [4.78, 5) is 18.4. The number of carbonyl (C=O) groups excluding carboxylic acids is 1. The van der Waals surface area contributed by atoms with Crippen LogP contribution >= 0.6 is 15.9 Å². The van der Waals surface area contributed by atoms with Gasteiger partial charge in [-0.3, -0.25) is 0 Å². The number of pyridine rings is 1. The highest BCUT2D eigenvalue weighted by atomic mass is 79.9. The van der Waals surface area contributed by atoms with Crippen LogP contribution in [0.3, 0.4) is 0 Å². The maximum atomic E-state index is 12.3. The highest BCUT2D eigenvalue weighted by molar-refractivity contribution is 9.10. The fourth-order valence-corrected chi connectivity index (χ4v) is 2.96. The van der Waals surface area contributed by atoms with E-state index in [1.54, 1.807) is 0 Å². The molecular weight excluding hydrogens is 360 g/mol. The molecule has 128 valence electrons. The molecule has 1 aliphatic heterocycles. The van der Waals surface area contributed by atoms with Crippen LogP contribution in [0, 0.1) is 0 Å². The molecule has 2 rings (SSSR count). The Bertz CT molecular complexity index is 531. The van der Waals surface area contributed by atoms with Crippen LogP contribution in [0.1, 0.15) is 46.5 Å². The van der Waals surface area contributed by atoms with Crippen LogP contribution in [0.5, 0.6) is 5.88 Å². The summed E-state index contributed by atoms with van der Waals surface area (Å²) < 4.78 is 12.0. The van der Waals surface area contributed by atoms with Gasteiger partial charge in [-0.05, 0) is 62.0 Å². The molecule has 0 radical (unpaired) electrons. The Hall–Kier alpha value is -1.30. The Morgan fingerprint density at radius 1 is 1.39 bits per heavy atom. The van der Waals surface area contributed by atoms with Gasteiger partial charge in [-0.25, -0.2) is 9.78 Å². The van der Waals surface area contributed by atoms with Crippen molar-refractivity contribution >= 4 is 22.0 Å². The van der Waals surface area contributed by atoms with E-state index in [1.807, 2.05) is 43.9 Å². The molecule has 2 heterocycles. The number of aromatic nitrogens is 1. The average Bonchev–Trinajstić information content (AvgIpc) is 2.46. The number of rotatable bonds is 4. The van der Waals surface area contributed by atoms with Crippen LogP contribution in [0.2, 0.25) is 0 Å². The number of nitrogens with zero attached hydrogens (tertiary/aromatic N) is 2.